The van der Waals surface area contributed by atoms with Crippen LogP contribution < -0.4 is 0 Å². The second kappa shape index (κ2) is 3.69. The standard InChI is InChI=1S/C9H14O2/c1-3-5-9(8-11-9)7-10-6-4-2/h3-4H,1-2,5-8H2. The van der Waals surface area contributed by atoms with E-state index in [9.17, 15) is 0 Å². The summed E-state index contributed by atoms with van der Waals surface area (Å²) in [5.41, 5.74) is -0.0369. The van der Waals surface area contributed by atoms with Gasteiger partial charge in [0.2, 0.25) is 0 Å². The minimum Gasteiger partial charge on any atom is -0.374 e. The Morgan fingerprint density at radius 1 is 1.45 bits per heavy atom. The number of epoxide rings is 1. The van der Waals surface area contributed by atoms with E-state index in [4.69, 9.17) is 9.47 Å². The summed E-state index contributed by atoms with van der Waals surface area (Å²) in [5.74, 6) is 0. The number of hydrogen-bond acceptors (Lipinski definition) is 2. The molecule has 0 radical (unpaired) electrons. The van der Waals surface area contributed by atoms with Crippen molar-refractivity contribution < 1.29 is 9.47 Å². The molecule has 1 aliphatic rings. The first-order chi connectivity index (χ1) is 5.33. The maximum atomic E-state index is 5.27. The molecule has 1 unspecified atom stereocenters. The van der Waals surface area contributed by atoms with Crippen LogP contribution in [-0.4, -0.2) is 25.4 Å². The molecule has 1 fully saturated rings. The quantitative estimate of drug-likeness (QED) is 0.329. The third-order valence-corrected chi connectivity index (χ3v) is 1.67. The molecule has 1 saturated heterocycles. The molecule has 0 aromatic carbocycles. The summed E-state index contributed by atoms with van der Waals surface area (Å²) >= 11 is 0. The maximum absolute atomic E-state index is 5.27. The lowest BCUT2D eigenvalue weighted by Gasteiger charge is -2.07. The van der Waals surface area contributed by atoms with Crippen molar-refractivity contribution >= 4 is 0 Å². The zero-order valence-electron chi connectivity index (χ0n) is 6.71. The van der Waals surface area contributed by atoms with Crippen LogP contribution in [0.2, 0.25) is 0 Å². The number of rotatable bonds is 6. The van der Waals surface area contributed by atoms with E-state index in [0.717, 1.165) is 13.0 Å². The van der Waals surface area contributed by atoms with Gasteiger partial charge in [-0.2, -0.15) is 0 Å². The highest BCUT2D eigenvalue weighted by atomic mass is 16.6. The minimum atomic E-state index is -0.0369. The highest BCUT2D eigenvalue weighted by molar-refractivity contribution is 4.97. The SMILES string of the molecule is C=CCOCC1(CC=C)CO1. The lowest BCUT2D eigenvalue weighted by Crippen LogP contribution is -2.18. The highest BCUT2D eigenvalue weighted by Crippen LogP contribution is 2.31. The smallest absolute Gasteiger partial charge is 0.118 e. The molecule has 2 nitrogen and oxygen atoms in total. The number of ether oxygens (including phenoxy) is 2. The fourth-order valence-electron chi connectivity index (χ4n) is 0.953. The second-order valence-electron chi connectivity index (χ2n) is 2.77. The molecule has 1 heterocycles. The van der Waals surface area contributed by atoms with Crippen LogP contribution in [-0.2, 0) is 9.47 Å². The van der Waals surface area contributed by atoms with Crippen LogP contribution in [0.1, 0.15) is 6.42 Å². The van der Waals surface area contributed by atoms with Crippen molar-refractivity contribution in [2.24, 2.45) is 0 Å². The fourth-order valence-corrected chi connectivity index (χ4v) is 0.953. The van der Waals surface area contributed by atoms with Crippen molar-refractivity contribution in [1.29, 1.82) is 0 Å². The monoisotopic (exact) mass is 154 g/mol. The zero-order chi connectivity index (χ0) is 8.16. The van der Waals surface area contributed by atoms with Crippen molar-refractivity contribution in [3.05, 3.63) is 25.3 Å². The van der Waals surface area contributed by atoms with Gasteiger partial charge in [-0.15, -0.1) is 13.2 Å². The summed E-state index contributed by atoms with van der Waals surface area (Å²) in [7, 11) is 0. The van der Waals surface area contributed by atoms with Gasteiger partial charge in [-0.05, 0) is 6.42 Å². The molecule has 0 spiro atoms. The normalized spacial score (nSPS) is 28.0. The van der Waals surface area contributed by atoms with Gasteiger partial charge in [-0.25, -0.2) is 0 Å². The predicted octanol–water partition coefficient (Wildman–Crippen LogP) is 1.53. The lowest BCUT2D eigenvalue weighted by molar-refractivity contribution is 0.0985. The van der Waals surface area contributed by atoms with Crippen LogP contribution in [0.3, 0.4) is 0 Å². The Kier molecular flexibility index (Phi) is 2.85. The largest absolute Gasteiger partial charge is 0.374 e. The third-order valence-electron chi connectivity index (χ3n) is 1.67. The van der Waals surface area contributed by atoms with Crippen LogP contribution in [0, 0.1) is 0 Å². The first kappa shape index (κ1) is 8.50. The summed E-state index contributed by atoms with van der Waals surface area (Å²) in [5, 5.41) is 0. The molecular weight excluding hydrogens is 140 g/mol. The molecule has 1 rings (SSSR count). The van der Waals surface area contributed by atoms with Crippen LogP contribution >= 0.6 is 0 Å². The Morgan fingerprint density at radius 3 is 2.64 bits per heavy atom. The summed E-state index contributed by atoms with van der Waals surface area (Å²) in [6.45, 7) is 9.28. The molecule has 0 N–H and O–H groups in total. The van der Waals surface area contributed by atoms with Gasteiger partial charge in [-0.3, -0.25) is 0 Å². The Bertz CT molecular complexity index is 148. The third kappa shape index (κ3) is 2.48. The predicted molar refractivity (Wildman–Crippen MR) is 44.5 cm³/mol. The molecule has 0 aromatic rings. The Hall–Kier alpha value is -0.600. The average Bonchev–Trinajstić information content (AvgIpc) is 2.71. The van der Waals surface area contributed by atoms with E-state index in [-0.39, 0.29) is 5.60 Å². The van der Waals surface area contributed by atoms with Gasteiger partial charge in [0.05, 0.1) is 19.8 Å². The first-order valence-electron chi connectivity index (χ1n) is 3.76. The Balaban J connectivity index is 2.13. The van der Waals surface area contributed by atoms with E-state index in [1.807, 2.05) is 6.08 Å². The van der Waals surface area contributed by atoms with Crippen LogP contribution in [0.4, 0.5) is 0 Å². The van der Waals surface area contributed by atoms with Gasteiger partial charge in [0, 0.05) is 0 Å². The molecule has 11 heavy (non-hydrogen) atoms. The van der Waals surface area contributed by atoms with Gasteiger partial charge in [0.15, 0.2) is 0 Å². The van der Waals surface area contributed by atoms with Crippen LogP contribution in [0.15, 0.2) is 25.3 Å². The van der Waals surface area contributed by atoms with Crippen LogP contribution in [0.25, 0.3) is 0 Å². The topological polar surface area (TPSA) is 21.8 Å². The molecule has 0 amide bonds. The first-order valence-corrected chi connectivity index (χ1v) is 3.76. The van der Waals surface area contributed by atoms with E-state index in [0.29, 0.717) is 13.2 Å². The van der Waals surface area contributed by atoms with E-state index in [2.05, 4.69) is 13.2 Å². The minimum absolute atomic E-state index is 0.0369. The Labute approximate surface area is 67.5 Å². The fraction of sp³-hybridized carbons (Fsp3) is 0.556. The van der Waals surface area contributed by atoms with Gasteiger partial charge in [-0.1, -0.05) is 12.2 Å². The molecule has 0 saturated carbocycles. The van der Waals surface area contributed by atoms with Crippen molar-refractivity contribution in [1.82, 2.24) is 0 Å². The molecule has 2 heteroatoms. The van der Waals surface area contributed by atoms with Gasteiger partial charge in [0.1, 0.15) is 5.60 Å². The second-order valence-corrected chi connectivity index (χ2v) is 2.77. The summed E-state index contributed by atoms with van der Waals surface area (Å²) < 4.78 is 10.5. The van der Waals surface area contributed by atoms with Crippen molar-refractivity contribution in [3.63, 3.8) is 0 Å². The molecular formula is C9H14O2. The van der Waals surface area contributed by atoms with Crippen molar-refractivity contribution in [2.45, 2.75) is 12.0 Å². The maximum Gasteiger partial charge on any atom is 0.118 e. The summed E-state index contributed by atoms with van der Waals surface area (Å²) in [6, 6.07) is 0. The summed E-state index contributed by atoms with van der Waals surface area (Å²) in [6.07, 6.45) is 4.48. The van der Waals surface area contributed by atoms with E-state index < -0.39 is 0 Å². The molecule has 1 atom stereocenters. The van der Waals surface area contributed by atoms with Crippen LogP contribution in [0.5, 0.6) is 0 Å². The molecule has 62 valence electrons. The van der Waals surface area contributed by atoms with E-state index in [1.54, 1.807) is 6.08 Å². The van der Waals surface area contributed by atoms with Gasteiger partial charge < -0.3 is 9.47 Å². The lowest BCUT2D eigenvalue weighted by atomic mass is 10.1. The zero-order valence-corrected chi connectivity index (χ0v) is 6.71. The molecule has 0 aromatic heterocycles. The summed E-state index contributed by atoms with van der Waals surface area (Å²) in [4.78, 5) is 0. The Morgan fingerprint density at radius 2 is 2.18 bits per heavy atom. The van der Waals surface area contributed by atoms with E-state index in [1.165, 1.54) is 0 Å². The number of hydrogen-bond donors (Lipinski definition) is 0. The molecule has 0 aliphatic carbocycles. The van der Waals surface area contributed by atoms with Crippen molar-refractivity contribution in [2.75, 3.05) is 19.8 Å². The average molecular weight is 154 g/mol. The molecule has 1 aliphatic heterocycles. The van der Waals surface area contributed by atoms with Gasteiger partial charge in [0.25, 0.3) is 0 Å². The highest BCUT2D eigenvalue weighted by Gasteiger charge is 2.43. The molecule has 0 bridgehead atoms. The van der Waals surface area contributed by atoms with E-state index >= 15 is 0 Å². The van der Waals surface area contributed by atoms with Gasteiger partial charge >= 0.3 is 0 Å². The van der Waals surface area contributed by atoms with Crippen molar-refractivity contribution in [3.8, 4) is 0 Å².